The van der Waals surface area contributed by atoms with Crippen molar-refractivity contribution >= 4 is 5.91 Å². The molecule has 1 unspecified atom stereocenters. The van der Waals surface area contributed by atoms with Crippen LogP contribution in [0.3, 0.4) is 0 Å². The smallest absolute Gasteiger partial charge is 0.271 e. The Labute approximate surface area is 136 Å². The van der Waals surface area contributed by atoms with Gasteiger partial charge in [0.15, 0.2) is 5.69 Å². The molecule has 1 amide bonds. The second-order valence-corrected chi connectivity index (χ2v) is 6.20. The number of aryl methyl sites for hydroxylation is 3. The van der Waals surface area contributed by atoms with Gasteiger partial charge in [0.2, 0.25) is 0 Å². The summed E-state index contributed by atoms with van der Waals surface area (Å²) in [5.74, 6) is -0.147. The van der Waals surface area contributed by atoms with E-state index in [0.29, 0.717) is 12.2 Å². The molecule has 5 heteroatoms. The minimum absolute atomic E-state index is 0.141. The number of ether oxygens (including phenoxy) is 1. The van der Waals surface area contributed by atoms with Gasteiger partial charge in [-0.2, -0.15) is 5.10 Å². The van der Waals surface area contributed by atoms with Crippen LogP contribution < -0.4 is 5.32 Å². The van der Waals surface area contributed by atoms with Gasteiger partial charge in [-0.05, 0) is 62.9 Å². The predicted molar refractivity (Wildman–Crippen MR) is 89.1 cm³/mol. The zero-order valence-corrected chi connectivity index (χ0v) is 13.9. The topological polar surface area (TPSA) is 56.2 Å². The number of rotatable bonds is 4. The van der Waals surface area contributed by atoms with Crippen LogP contribution >= 0.6 is 0 Å². The summed E-state index contributed by atoms with van der Waals surface area (Å²) >= 11 is 0. The molecule has 0 radical (unpaired) electrons. The van der Waals surface area contributed by atoms with E-state index in [2.05, 4.69) is 36.4 Å². The minimum Gasteiger partial charge on any atom is -0.376 e. The lowest BCUT2D eigenvalue weighted by atomic mass is 10.1. The highest BCUT2D eigenvalue weighted by Gasteiger charge is 2.18. The normalized spacial score (nSPS) is 17.4. The van der Waals surface area contributed by atoms with Crippen LogP contribution in [0.25, 0.3) is 5.69 Å². The molecule has 1 aliphatic heterocycles. The molecule has 1 aromatic carbocycles. The highest BCUT2D eigenvalue weighted by Crippen LogP contribution is 2.16. The Balaban J connectivity index is 1.74. The molecule has 0 bridgehead atoms. The highest BCUT2D eigenvalue weighted by molar-refractivity contribution is 5.92. The third kappa shape index (κ3) is 3.45. The fraction of sp³-hybridized carbons (Fsp3) is 0.444. The van der Waals surface area contributed by atoms with Crippen LogP contribution in [-0.4, -0.2) is 34.9 Å². The summed E-state index contributed by atoms with van der Waals surface area (Å²) in [4.78, 5) is 12.3. The van der Waals surface area contributed by atoms with E-state index >= 15 is 0 Å². The first-order chi connectivity index (χ1) is 11.0. The van der Waals surface area contributed by atoms with Gasteiger partial charge < -0.3 is 10.1 Å². The van der Waals surface area contributed by atoms with Gasteiger partial charge in [0.05, 0.1) is 11.8 Å². The third-order valence-corrected chi connectivity index (χ3v) is 4.37. The molecule has 1 fully saturated rings. The van der Waals surface area contributed by atoms with E-state index in [1.165, 1.54) is 11.1 Å². The quantitative estimate of drug-likeness (QED) is 0.944. The zero-order chi connectivity index (χ0) is 16.4. The third-order valence-electron chi connectivity index (χ3n) is 4.37. The lowest BCUT2D eigenvalue weighted by Crippen LogP contribution is -2.32. The van der Waals surface area contributed by atoms with E-state index < -0.39 is 0 Å². The van der Waals surface area contributed by atoms with Gasteiger partial charge in [0, 0.05) is 18.8 Å². The van der Waals surface area contributed by atoms with Crippen molar-refractivity contribution in [2.24, 2.45) is 0 Å². The Bertz CT molecular complexity index is 715. The standard InChI is InChI=1S/C18H23N3O2/c1-12-6-7-15(9-13(12)2)21-14(3)10-17(20-21)18(22)19-11-16-5-4-8-23-16/h6-7,9-10,16H,4-5,8,11H2,1-3H3,(H,19,22). The fourth-order valence-electron chi connectivity index (χ4n) is 2.81. The Hall–Kier alpha value is -2.14. The van der Waals surface area contributed by atoms with Crippen LogP contribution in [0.15, 0.2) is 24.3 Å². The maximum Gasteiger partial charge on any atom is 0.271 e. The molecular weight excluding hydrogens is 290 g/mol. The fourth-order valence-corrected chi connectivity index (χ4v) is 2.81. The maximum atomic E-state index is 12.3. The number of carbonyl (C=O) groups is 1. The molecular formula is C18H23N3O2. The molecule has 5 nitrogen and oxygen atoms in total. The maximum absolute atomic E-state index is 12.3. The minimum atomic E-state index is -0.147. The highest BCUT2D eigenvalue weighted by atomic mass is 16.5. The van der Waals surface area contributed by atoms with Crippen molar-refractivity contribution in [1.82, 2.24) is 15.1 Å². The van der Waals surface area contributed by atoms with Gasteiger partial charge in [-0.15, -0.1) is 0 Å². The van der Waals surface area contributed by atoms with Crippen molar-refractivity contribution < 1.29 is 9.53 Å². The average Bonchev–Trinajstić information content (AvgIpc) is 3.17. The van der Waals surface area contributed by atoms with Gasteiger partial charge in [-0.3, -0.25) is 4.79 Å². The summed E-state index contributed by atoms with van der Waals surface area (Å²) in [7, 11) is 0. The predicted octanol–water partition coefficient (Wildman–Crippen LogP) is 2.71. The second-order valence-electron chi connectivity index (χ2n) is 6.20. The molecule has 1 aromatic heterocycles. The summed E-state index contributed by atoms with van der Waals surface area (Å²) in [6, 6.07) is 8.00. The number of aromatic nitrogens is 2. The van der Waals surface area contributed by atoms with Crippen molar-refractivity contribution in [2.75, 3.05) is 13.2 Å². The van der Waals surface area contributed by atoms with E-state index in [1.54, 1.807) is 0 Å². The molecule has 0 spiro atoms. The number of nitrogens with one attached hydrogen (secondary N) is 1. The molecule has 1 aliphatic rings. The summed E-state index contributed by atoms with van der Waals surface area (Å²) in [5.41, 5.74) is 4.81. The molecule has 122 valence electrons. The van der Waals surface area contributed by atoms with E-state index in [0.717, 1.165) is 30.8 Å². The average molecular weight is 313 g/mol. The number of amides is 1. The Kier molecular flexibility index (Phi) is 4.48. The molecule has 2 aromatic rings. The monoisotopic (exact) mass is 313 g/mol. The van der Waals surface area contributed by atoms with E-state index in [9.17, 15) is 4.79 Å². The Morgan fingerprint density at radius 1 is 1.30 bits per heavy atom. The van der Waals surface area contributed by atoms with E-state index in [4.69, 9.17) is 4.74 Å². The molecule has 23 heavy (non-hydrogen) atoms. The summed E-state index contributed by atoms with van der Waals surface area (Å²) < 4.78 is 7.33. The van der Waals surface area contributed by atoms with Gasteiger partial charge in [-0.1, -0.05) is 6.07 Å². The summed E-state index contributed by atoms with van der Waals surface area (Å²) in [6.07, 6.45) is 2.22. The van der Waals surface area contributed by atoms with Gasteiger partial charge in [0.25, 0.3) is 5.91 Å². The number of benzene rings is 1. The SMILES string of the molecule is Cc1ccc(-n2nc(C(=O)NCC3CCCO3)cc2C)cc1C. The van der Waals surface area contributed by atoms with Crippen LogP contribution in [0.5, 0.6) is 0 Å². The van der Waals surface area contributed by atoms with Gasteiger partial charge in [-0.25, -0.2) is 4.68 Å². The Morgan fingerprint density at radius 2 is 2.13 bits per heavy atom. The summed E-state index contributed by atoms with van der Waals surface area (Å²) in [5, 5.41) is 7.37. The van der Waals surface area contributed by atoms with Gasteiger partial charge >= 0.3 is 0 Å². The number of hydrogen-bond acceptors (Lipinski definition) is 3. The largest absolute Gasteiger partial charge is 0.376 e. The van der Waals surface area contributed by atoms with Crippen LogP contribution in [-0.2, 0) is 4.74 Å². The van der Waals surface area contributed by atoms with Crippen LogP contribution in [0, 0.1) is 20.8 Å². The molecule has 0 saturated carbocycles. The molecule has 1 atom stereocenters. The first-order valence-corrected chi connectivity index (χ1v) is 8.08. The van der Waals surface area contributed by atoms with Crippen LogP contribution in [0.2, 0.25) is 0 Å². The lowest BCUT2D eigenvalue weighted by Gasteiger charge is -2.09. The molecule has 1 saturated heterocycles. The number of nitrogens with zero attached hydrogens (tertiary/aromatic N) is 2. The molecule has 0 aliphatic carbocycles. The van der Waals surface area contributed by atoms with E-state index in [1.807, 2.05) is 23.7 Å². The second kappa shape index (κ2) is 6.54. The first-order valence-electron chi connectivity index (χ1n) is 8.08. The summed E-state index contributed by atoms with van der Waals surface area (Å²) in [6.45, 7) is 7.46. The van der Waals surface area contributed by atoms with Crippen LogP contribution in [0.1, 0.15) is 40.2 Å². The number of hydrogen-bond donors (Lipinski definition) is 1. The first kappa shape index (κ1) is 15.7. The molecule has 1 N–H and O–H groups in total. The van der Waals surface area contributed by atoms with Gasteiger partial charge in [0.1, 0.15) is 0 Å². The van der Waals surface area contributed by atoms with Crippen LogP contribution in [0.4, 0.5) is 0 Å². The molecule has 2 heterocycles. The van der Waals surface area contributed by atoms with Crippen molar-refractivity contribution in [1.29, 1.82) is 0 Å². The van der Waals surface area contributed by atoms with Crippen molar-refractivity contribution in [3.05, 3.63) is 46.8 Å². The van der Waals surface area contributed by atoms with Crippen molar-refractivity contribution in [2.45, 2.75) is 39.7 Å². The number of carbonyl (C=O) groups excluding carboxylic acids is 1. The van der Waals surface area contributed by atoms with Crippen molar-refractivity contribution in [3.63, 3.8) is 0 Å². The lowest BCUT2D eigenvalue weighted by molar-refractivity contribution is 0.0853. The molecule has 3 rings (SSSR count). The zero-order valence-electron chi connectivity index (χ0n) is 13.9. The Morgan fingerprint density at radius 3 is 2.83 bits per heavy atom. The van der Waals surface area contributed by atoms with E-state index in [-0.39, 0.29) is 12.0 Å². The van der Waals surface area contributed by atoms with Crippen molar-refractivity contribution in [3.8, 4) is 5.69 Å².